The molecule has 1 N–H and O–H groups in total. The Morgan fingerprint density at radius 3 is 2.32 bits per heavy atom. The number of aromatic nitrogens is 1. The minimum Gasteiger partial charge on any atom is -0.349 e. The van der Waals surface area contributed by atoms with Gasteiger partial charge in [-0.1, -0.05) is 29.3 Å². The zero-order valence-electron chi connectivity index (χ0n) is 14.9. The maximum atomic E-state index is 12.9. The molecule has 0 atom stereocenters. The van der Waals surface area contributed by atoms with Crippen molar-refractivity contribution in [1.82, 2.24) is 19.7 Å². The van der Waals surface area contributed by atoms with Gasteiger partial charge in [-0.2, -0.15) is 0 Å². The molecule has 3 heterocycles. The third kappa shape index (κ3) is 3.56. The number of carbonyl (C=O) groups is 2. The van der Waals surface area contributed by atoms with E-state index >= 15 is 0 Å². The van der Waals surface area contributed by atoms with Crippen LogP contribution in [-0.4, -0.2) is 83.2 Å². The van der Waals surface area contributed by atoms with Crippen molar-refractivity contribution in [2.45, 2.75) is 5.92 Å². The molecular formula is C18H18Cl2F2N4O2. The molecule has 0 unspecified atom stereocenters. The lowest BCUT2D eigenvalue weighted by molar-refractivity contribution is -0.151. The van der Waals surface area contributed by atoms with E-state index in [-0.39, 0.29) is 42.2 Å². The second kappa shape index (κ2) is 7.17. The summed E-state index contributed by atoms with van der Waals surface area (Å²) < 4.78 is 25.8. The molecule has 0 radical (unpaired) electrons. The minimum atomic E-state index is -2.69. The van der Waals surface area contributed by atoms with E-state index in [9.17, 15) is 18.4 Å². The highest BCUT2D eigenvalue weighted by Crippen LogP contribution is 2.33. The van der Waals surface area contributed by atoms with E-state index in [1.165, 1.54) is 4.90 Å². The van der Waals surface area contributed by atoms with Crippen molar-refractivity contribution in [2.24, 2.45) is 0 Å². The smallest absolute Gasteiger partial charge is 0.272 e. The number of hydrogen-bond donors (Lipinski definition) is 1. The molecule has 2 aliphatic rings. The van der Waals surface area contributed by atoms with E-state index in [1.807, 2.05) is 0 Å². The van der Waals surface area contributed by atoms with Gasteiger partial charge in [-0.3, -0.25) is 14.5 Å². The maximum Gasteiger partial charge on any atom is 0.272 e. The molecule has 1 aromatic heterocycles. The Bertz CT molecular complexity index is 933. The van der Waals surface area contributed by atoms with E-state index < -0.39 is 5.92 Å². The van der Waals surface area contributed by atoms with Gasteiger partial charge in [0.2, 0.25) is 5.91 Å². The Labute approximate surface area is 170 Å². The number of aromatic amines is 1. The number of piperazine rings is 1. The van der Waals surface area contributed by atoms with Crippen LogP contribution in [0.5, 0.6) is 0 Å². The van der Waals surface area contributed by atoms with Gasteiger partial charge in [0.15, 0.2) is 0 Å². The van der Waals surface area contributed by atoms with Crippen molar-refractivity contribution < 1.29 is 18.4 Å². The summed E-state index contributed by atoms with van der Waals surface area (Å²) >= 11 is 12.5. The van der Waals surface area contributed by atoms with Gasteiger partial charge in [-0.25, -0.2) is 8.78 Å². The van der Waals surface area contributed by atoms with E-state index in [0.717, 1.165) is 0 Å². The van der Waals surface area contributed by atoms with Crippen LogP contribution in [0.3, 0.4) is 0 Å². The lowest BCUT2D eigenvalue weighted by atomic mass is 10.1. The summed E-state index contributed by atoms with van der Waals surface area (Å²) in [4.78, 5) is 32.8. The Hall–Kier alpha value is -1.90. The number of halogens is 4. The van der Waals surface area contributed by atoms with Crippen molar-refractivity contribution in [2.75, 3.05) is 45.8 Å². The van der Waals surface area contributed by atoms with Crippen LogP contribution in [0.15, 0.2) is 18.2 Å². The maximum absolute atomic E-state index is 12.9. The van der Waals surface area contributed by atoms with Crippen LogP contribution in [0.1, 0.15) is 10.5 Å². The summed E-state index contributed by atoms with van der Waals surface area (Å²) in [7, 11) is 0. The number of H-pyrrole nitrogens is 1. The number of carbonyl (C=O) groups excluding carboxylic acids is 2. The molecule has 0 aliphatic carbocycles. The highest BCUT2D eigenvalue weighted by molar-refractivity contribution is 6.44. The van der Waals surface area contributed by atoms with E-state index in [2.05, 4.69) is 4.98 Å². The molecule has 0 spiro atoms. The third-order valence-electron chi connectivity index (χ3n) is 5.11. The fourth-order valence-electron chi connectivity index (χ4n) is 3.64. The molecule has 4 rings (SSSR count). The van der Waals surface area contributed by atoms with Crippen LogP contribution in [0.2, 0.25) is 10.0 Å². The number of rotatable bonds is 3. The second-order valence-electron chi connectivity index (χ2n) is 7.15. The number of amides is 2. The van der Waals surface area contributed by atoms with E-state index in [0.29, 0.717) is 42.1 Å². The predicted molar refractivity (Wildman–Crippen MR) is 102 cm³/mol. The van der Waals surface area contributed by atoms with Gasteiger partial charge in [0.1, 0.15) is 5.69 Å². The molecule has 2 fully saturated rings. The van der Waals surface area contributed by atoms with Crippen LogP contribution in [0, 0.1) is 0 Å². The molecule has 2 aromatic rings. The topological polar surface area (TPSA) is 59.7 Å². The van der Waals surface area contributed by atoms with Gasteiger partial charge >= 0.3 is 0 Å². The Balaban J connectivity index is 1.37. The average Bonchev–Trinajstić information content (AvgIpc) is 2.97. The summed E-state index contributed by atoms with van der Waals surface area (Å²) in [5.74, 6) is -3.14. The van der Waals surface area contributed by atoms with Crippen molar-refractivity contribution in [3.05, 3.63) is 33.9 Å². The van der Waals surface area contributed by atoms with Crippen LogP contribution in [0.25, 0.3) is 10.9 Å². The van der Waals surface area contributed by atoms with Crippen LogP contribution >= 0.6 is 23.2 Å². The van der Waals surface area contributed by atoms with Crippen molar-refractivity contribution in [3.63, 3.8) is 0 Å². The van der Waals surface area contributed by atoms with Gasteiger partial charge in [0.05, 0.1) is 29.7 Å². The molecule has 2 aliphatic heterocycles. The third-order valence-corrected chi connectivity index (χ3v) is 5.81. The summed E-state index contributed by atoms with van der Waals surface area (Å²) in [6.07, 6.45) is 0. The van der Waals surface area contributed by atoms with Gasteiger partial charge in [-0.15, -0.1) is 0 Å². The first-order valence-corrected chi connectivity index (χ1v) is 9.64. The second-order valence-corrected chi connectivity index (χ2v) is 7.94. The molecule has 1 aromatic carbocycles. The van der Waals surface area contributed by atoms with E-state index in [1.54, 1.807) is 28.0 Å². The molecule has 28 heavy (non-hydrogen) atoms. The number of likely N-dealkylation sites (tertiary alicyclic amines) is 1. The summed E-state index contributed by atoms with van der Waals surface area (Å²) in [5, 5.41) is 1.35. The molecule has 0 saturated carbocycles. The monoisotopic (exact) mass is 430 g/mol. The number of fused-ring (bicyclic) bond motifs is 1. The predicted octanol–water partition coefficient (Wildman–Crippen LogP) is 2.71. The molecule has 10 heteroatoms. The van der Waals surface area contributed by atoms with Gasteiger partial charge < -0.3 is 14.8 Å². The molecular weight excluding hydrogens is 413 g/mol. The number of nitrogens with one attached hydrogen (secondary N) is 1. The fourth-order valence-corrected chi connectivity index (χ4v) is 4.29. The molecule has 6 nitrogen and oxygen atoms in total. The summed E-state index contributed by atoms with van der Waals surface area (Å²) in [6.45, 7) is 0.633. The fraction of sp³-hybridized carbons (Fsp3) is 0.444. The van der Waals surface area contributed by atoms with E-state index in [4.69, 9.17) is 23.2 Å². The highest BCUT2D eigenvalue weighted by Gasteiger charge is 2.44. The van der Waals surface area contributed by atoms with Crippen LogP contribution in [0.4, 0.5) is 8.78 Å². The lowest BCUT2D eigenvalue weighted by Gasteiger charge is -2.40. The number of nitrogens with zero attached hydrogens (tertiary/aromatic N) is 3. The summed E-state index contributed by atoms with van der Waals surface area (Å²) in [5.41, 5.74) is 0.952. The number of alkyl halides is 2. The zero-order valence-corrected chi connectivity index (χ0v) is 16.4. The SMILES string of the molecule is O=C(CN1CC(F)(F)C1)N1CCN(C(=O)c2[nH]c3cccc(Cl)c3c2Cl)CC1. The lowest BCUT2D eigenvalue weighted by Crippen LogP contribution is -2.60. The quantitative estimate of drug-likeness (QED) is 0.814. The molecule has 2 amide bonds. The first-order valence-electron chi connectivity index (χ1n) is 8.88. The Morgan fingerprint density at radius 2 is 1.71 bits per heavy atom. The van der Waals surface area contributed by atoms with Gasteiger partial charge in [-0.05, 0) is 12.1 Å². The Kier molecular flexibility index (Phi) is 4.97. The number of hydrogen-bond acceptors (Lipinski definition) is 3. The Morgan fingerprint density at radius 1 is 1.07 bits per heavy atom. The standard InChI is InChI=1S/C18H18Cl2F2N4O2/c19-11-2-1-3-12-14(11)15(20)16(23-12)17(28)26-6-4-25(5-7-26)13(27)8-24-9-18(21,22)10-24/h1-3,23H,4-10H2. The van der Waals surface area contributed by atoms with Crippen molar-refractivity contribution in [3.8, 4) is 0 Å². The highest BCUT2D eigenvalue weighted by atomic mass is 35.5. The normalized spacial score (nSPS) is 19.7. The molecule has 150 valence electrons. The first kappa shape index (κ1) is 19.4. The summed E-state index contributed by atoms with van der Waals surface area (Å²) in [6, 6.07) is 5.26. The zero-order chi connectivity index (χ0) is 20.1. The van der Waals surface area contributed by atoms with Crippen LogP contribution < -0.4 is 0 Å². The van der Waals surface area contributed by atoms with Crippen molar-refractivity contribution in [1.29, 1.82) is 0 Å². The van der Waals surface area contributed by atoms with Crippen molar-refractivity contribution >= 4 is 45.9 Å². The first-order chi connectivity index (χ1) is 13.2. The number of benzene rings is 1. The largest absolute Gasteiger partial charge is 0.349 e. The molecule has 2 saturated heterocycles. The van der Waals surface area contributed by atoms with Gasteiger partial charge in [0.25, 0.3) is 11.8 Å². The van der Waals surface area contributed by atoms with Crippen LogP contribution in [-0.2, 0) is 4.79 Å². The van der Waals surface area contributed by atoms with Gasteiger partial charge in [0, 0.05) is 37.1 Å². The minimum absolute atomic E-state index is 0.0180. The molecule has 0 bridgehead atoms. The average molecular weight is 431 g/mol.